The molecule has 3 amide bonds. The van der Waals surface area contributed by atoms with E-state index in [1.165, 1.54) is 6.42 Å². The molecule has 0 aromatic carbocycles. The number of hydrogen-bond acceptors (Lipinski definition) is 4. The van der Waals surface area contributed by atoms with E-state index in [0.717, 1.165) is 70.6 Å². The normalized spacial score (nSPS) is 45.7. The Hall–Kier alpha value is -1.63. The van der Waals surface area contributed by atoms with Crippen molar-refractivity contribution in [3.05, 3.63) is 0 Å². The van der Waals surface area contributed by atoms with Crippen LogP contribution in [0.25, 0.3) is 0 Å². The molecule has 0 unspecified atom stereocenters. The third kappa shape index (κ3) is 3.05. The van der Waals surface area contributed by atoms with E-state index in [1.807, 2.05) is 0 Å². The Labute approximate surface area is 184 Å². The van der Waals surface area contributed by atoms with Crippen LogP contribution in [-0.2, 0) is 14.4 Å². The van der Waals surface area contributed by atoms with Gasteiger partial charge in [0.2, 0.25) is 17.7 Å². The molecule has 6 rings (SSSR count). The Balaban J connectivity index is 1.22. The number of nitrogens with two attached hydrogens (primary N) is 1. The third-order valence-corrected chi connectivity index (χ3v) is 9.74. The second-order valence-corrected chi connectivity index (χ2v) is 11.1. The lowest BCUT2D eigenvalue weighted by Gasteiger charge is -2.46. The summed E-state index contributed by atoms with van der Waals surface area (Å²) in [5.41, 5.74) is 5.69. The maximum absolute atomic E-state index is 13.9. The van der Waals surface area contributed by atoms with Gasteiger partial charge in [0.15, 0.2) is 0 Å². The number of amides is 3. The lowest BCUT2D eigenvalue weighted by atomic mass is 9.83. The molecule has 6 fully saturated rings. The highest BCUT2D eigenvalue weighted by atomic mass is 16.2. The molecule has 170 valence electrons. The fraction of sp³-hybridized carbons (Fsp3) is 0.875. The fourth-order valence-electron chi connectivity index (χ4n) is 8.27. The van der Waals surface area contributed by atoms with Gasteiger partial charge in [-0.15, -0.1) is 0 Å². The molecule has 6 bridgehead atoms. The molecule has 6 aliphatic rings. The maximum Gasteiger partial charge on any atom is 0.228 e. The zero-order chi connectivity index (χ0) is 21.3. The molecule has 0 saturated carbocycles. The fourth-order valence-corrected chi connectivity index (χ4v) is 8.27. The van der Waals surface area contributed by atoms with Crippen molar-refractivity contribution in [1.29, 1.82) is 0 Å². The monoisotopic (exact) mass is 428 g/mol. The number of nitrogens with zero attached hydrogens (tertiary/aromatic N) is 2. The van der Waals surface area contributed by atoms with E-state index in [-0.39, 0.29) is 47.7 Å². The smallest absolute Gasteiger partial charge is 0.228 e. The van der Waals surface area contributed by atoms with E-state index < -0.39 is 0 Å². The number of piperidine rings is 3. The number of hydrogen-bond donors (Lipinski definition) is 2. The van der Waals surface area contributed by atoms with Crippen LogP contribution in [-0.4, -0.2) is 63.8 Å². The van der Waals surface area contributed by atoms with E-state index in [0.29, 0.717) is 24.0 Å². The average molecular weight is 429 g/mol. The average Bonchev–Trinajstić information content (AvgIpc) is 3.38. The topological polar surface area (TPSA) is 95.7 Å². The minimum Gasteiger partial charge on any atom is -0.369 e. The van der Waals surface area contributed by atoms with Crippen molar-refractivity contribution >= 4 is 17.7 Å². The summed E-state index contributed by atoms with van der Waals surface area (Å²) in [5.74, 6) is 0.0170. The summed E-state index contributed by atoms with van der Waals surface area (Å²) < 4.78 is 0. The first-order chi connectivity index (χ1) is 15.0. The largest absolute Gasteiger partial charge is 0.369 e. The SMILES string of the molecule is NC(=O)[C@@H]1CC[C@@H]2CC[C@H]1N2C(=O)[C@@H]1CC[C@@H]2CC[C@H]1N2C(=O)[C@@H]1CC[C@@H]2CC[C@H]1N2. The van der Waals surface area contributed by atoms with E-state index in [9.17, 15) is 14.4 Å². The molecule has 0 aliphatic carbocycles. The summed E-state index contributed by atoms with van der Waals surface area (Å²) >= 11 is 0. The molecule has 6 aliphatic heterocycles. The summed E-state index contributed by atoms with van der Waals surface area (Å²) in [6.07, 6.45) is 11.8. The van der Waals surface area contributed by atoms with Gasteiger partial charge >= 0.3 is 0 Å². The first-order valence-electron chi connectivity index (χ1n) is 12.7. The van der Waals surface area contributed by atoms with Gasteiger partial charge < -0.3 is 20.9 Å². The van der Waals surface area contributed by atoms with Crippen molar-refractivity contribution in [3.63, 3.8) is 0 Å². The quantitative estimate of drug-likeness (QED) is 0.713. The molecule has 0 aromatic heterocycles. The van der Waals surface area contributed by atoms with Gasteiger partial charge in [-0.25, -0.2) is 0 Å². The first kappa shape index (κ1) is 20.0. The predicted octanol–water partition coefficient (Wildman–Crippen LogP) is 1.54. The molecule has 3 N–H and O–H groups in total. The standard InChI is InChI=1S/C24H36N4O3/c25-22(29)17-8-3-14-5-11-20(17)27(14)24(31)18-9-4-15-6-12-21(18)28(15)23(30)16-7-1-13-2-10-19(16)26-13/h13-21,26H,1-12H2,(H2,25,29)/t13-,14-,15-,16-,17-,18-,19-,20-,21-/m1/s1. The number of primary amides is 1. The van der Waals surface area contributed by atoms with Crippen molar-refractivity contribution in [3.8, 4) is 0 Å². The van der Waals surface area contributed by atoms with Crippen molar-refractivity contribution in [2.24, 2.45) is 23.5 Å². The van der Waals surface area contributed by atoms with Crippen LogP contribution in [0.5, 0.6) is 0 Å². The van der Waals surface area contributed by atoms with Crippen LogP contribution < -0.4 is 11.1 Å². The van der Waals surface area contributed by atoms with E-state index in [2.05, 4.69) is 15.1 Å². The first-order valence-corrected chi connectivity index (χ1v) is 12.7. The van der Waals surface area contributed by atoms with Crippen LogP contribution in [0.4, 0.5) is 0 Å². The summed E-state index contributed by atoms with van der Waals surface area (Å²) in [6.45, 7) is 0. The van der Waals surface area contributed by atoms with Crippen molar-refractivity contribution in [2.45, 2.75) is 113 Å². The Kier molecular flexibility index (Phi) is 4.82. The summed E-state index contributed by atoms with van der Waals surface area (Å²) in [6, 6.07) is 1.54. The predicted molar refractivity (Wildman–Crippen MR) is 115 cm³/mol. The minimum atomic E-state index is -0.260. The Bertz CT molecular complexity index is 787. The summed E-state index contributed by atoms with van der Waals surface area (Å²) in [4.78, 5) is 43.8. The minimum absolute atomic E-state index is 0.0232. The van der Waals surface area contributed by atoms with Gasteiger partial charge in [-0.1, -0.05) is 0 Å². The second-order valence-electron chi connectivity index (χ2n) is 11.1. The molecule has 6 saturated heterocycles. The second kappa shape index (κ2) is 7.46. The molecule has 0 aromatic rings. The molecular weight excluding hydrogens is 392 g/mol. The van der Waals surface area contributed by atoms with Crippen LogP contribution in [0.3, 0.4) is 0 Å². The maximum atomic E-state index is 13.9. The molecule has 31 heavy (non-hydrogen) atoms. The Morgan fingerprint density at radius 1 is 0.613 bits per heavy atom. The molecule has 6 heterocycles. The van der Waals surface area contributed by atoms with Crippen LogP contribution in [0.2, 0.25) is 0 Å². The molecule has 7 nitrogen and oxygen atoms in total. The van der Waals surface area contributed by atoms with Crippen LogP contribution in [0.1, 0.15) is 77.0 Å². The van der Waals surface area contributed by atoms with Crippen LogP contribution in [0, 0.1) is 17.8 Å². The van der Waals surface area contributed by atoms with Crippen LogP contribution in [0.15, 0.2) is 0 Å². The highest BCUT2D eigenvalue weighted by Gasteiger charge is 2.54. The molecule has 0 radical (unpaired) electrons. The highest BCUT2D eigenvalue weighted by Crippen LogP contribution is 2.46. The summed E-state index contributed by atoms with van der Waals surface area (Å²) in [7, 11) is 0. The number of carbonyl (C=O) groups is 3. The zero-order valence-electron chi connectivity index (χ0n) is 18.4. The van der Waals surface area contributed by atoms with Crippen molar-refractivity contribution < 1.29 is 14.4 Å². The van der Waals surface area contributed by atoms with Gasteiger partial charge in [0.25, 0.3) is 0 Å². The van der Waals surface area contributed by atoms with Gasteiger partial charge in [0.1, 0.15) is 0 Å². The highest BCUT2D eigenvalue weighted by molar-refractivity contribution is 5.86. The van der Waals surface area contributed by atoms with Crippen LogP contribution >= 0.6 is 0 Å². The number of fused-ring (bicyclic) bond motifs is 6. The molecule has 0 spiro atoms. The number of carbonyl (C=O) groups excluding carboxylic acids is 3. The Morgan fingerprint density at radius 3 is 1.81 bits per heavy atom. The van der Waals surface area contributed by atoms with E-state index in [1.54, 1.807) is 0 Å². The van der Waals surface area contributed by atoms with Gasteiger partial charge in [0, 0.05) is 36.3 Å². The van der Waals surface area contributed by atoms with E-state index in [4.69, 9.17) is 5.73 Å². The van der Waals surface area contributed by atoms with Gasteiger partial charge in [0.05, 0.1) is 17.8 Å². The van der Waals surface area contributed by atoms with Crippen molar-refractivity contribution in [1.82, 2.24) is 15.1 Å². The molecule has 9 atom stereocenters. The Morgan fingerprint density at radius 2 is 1.13 bits per heavy atom. The molecular formula is C24H36N4O3. The van der Waals surface area contributed by atoms with Gasteiger partial charge in [-0.2, -0.15) is 0 Å². The molecule has 7 heteroatoms. The van der Waals surface area contributed by atoms with Gasteiger partial charge in [-0.05, 0) is 77.0 Å². The van der Waals surface area contributed by atoms with Crippen molar-refractivity contribution in [2.75, 3.05) is 0 Å². The van der Waals surface area contributed by atoms with E-state index >= 15 is 0 Å². The third-order valence-electron chi connectivity index (χ3n) is 9.74. The number of nitrogens with one attached hydrogen (secondary N) is 1. The summed E-state index contributed by atoms with van der Waals surface area (Å²) in [5, 5.41) is 3.66. The lowest BCUT2D eigenvalue weighted by Crippen LogP contribution is -2.59. The zero-order valence-corrected chi connectivity index (χ0v) is 18.4. The lowest BCUT2D eigenvalue weighted by molar-refractivity contribution is -0.152. The van der Waals surface area contributed by atoms with Gasteiger partial charge in [-0.3, -0.25) is 14.4 Å². The number of rotatable bonds is 3.